The van der Waals surface area contributed by atoms with Crippen LogP contribution < -0.4 is 4.74 Å². The first-order valence-electron chi connectivity index (χ1n) is 10.4. The van der Waals surface area contributed by atoms with E-state index in [1.165, 1.54) is 21.2 Å². The molecule has 0 atom stereocenters. The number of carbonyl (C=O) groups excluding carboxylic acids is 1. The van der Waals surface area contributed by atoms with Gasteiger partial charge in [0.1, 0.15) is 5.75 Å². The van der Waals surface area contributed by atoms with Gasteiger partial charge in [-0.1, -0.05) is 29.5 Å². The molecule has 0 spiro atoms. The second kappa shape index (κ2) is 9.75. The molecular weight excluding hydrogens is 428 g/mol. The summed E-state index contributed by atoms with van der Waals surface area (Å²) in [5.74, 6) is 1.49. The zero-order valence-electron chi connectivity index (χ0n) is 18.0. The average molecular weight is 455 g/mol. The molecule has 0 unspecified atom stereocenters. The van der Waals surface area contributed by atoms with Gasteiger partial charge in [-0.15, -0.1) is 11.3 Å². The minimum absolute atomic E-state index is 0.138. The molecule has 2 heterocycles. The number of hydrogen-bond donors (Lipinski definition) is 0. The molecule has 0 bridgehead atoms. The largest absolute Gasteiger partial charge is 0.497 e. The number of ether oxygens (including phenoxy) is 2. The standard InChI is InChI=1S/C24H26N2O3S2/c1-4-29-23(27)6-5-11-30-24-25-20-9-8-18(28-3)13-21(20)26(24)14-17-15-31-22-10-7-16(2)12-19(17)22/h7-10,12-13,15H,4-6,11,14H2,1-3H3. The van der Waals surface area contributed by atoms with Crippen LogP contribution in [0.25, 0.3) is 21.1 Å². The van der Waals surface area contributed by atoms with E-state index >= 15 is 0 Å². The Kier molecular flexibility index (Phi) is 6.83. The molecule has 31 heavy (non-hydrogen) atoms. The van der Waals surface area contributed by atoms with E-state index in [-0.39, 0.29) is 5.97 Å². The first kappa shape index (κ1) is 21.7. The molecule has 0 aliphatic heterocycles. The zero-order valence-corrected chi connectivity index (χ0v) is 19.6. The number of aryl methyl sites for hydroxylation is 1. The molecule has 0 radical (unpaired) electrons. The summed E-state index contributed by atoms with van der Waals surface area (Å²) in [5.41, 5.74) is 4.56. The van der Waals surface area contributed by atoms with Crippen molar-refractivity contribution in [2.45, 2.75) is 38.4 Å². The van der Waals surface area contributed by atoms with E-state index in [2.05, 4.69) is 35.1 Å². The van der Waals surface area contributed by atoms with Crippen LogP contribution in [0, 0.1) is 6.92 Å². The summed E-state index contributed by atoms with van der Waals surface area (Å²) in [4.78, 5) is 16.5. The summed E-state index contributed by atoms with van der Waals surface area (Å²) < 4.78 is 14.0. The number of methoxy groups -OCH3 is 1. The first-order valence-corrected chi connectivity index (χ1v) is 12.2. The van der Waals surface area contributed by atoms with E-state index in [9.17, 15) is 4.79 Å². The SMILES string of the molecule is CCOC(=O)CCCSc1nc2ccc(OC)cc2n1Cc1csc2ccc(C)cc12. The third-order valence-electron chi connectivity index (χ3n) is 5.12. The topological polar surface area (TPSA) is 53.4 Å². The van der Waals surface area contributed by atoms with Gasteiger partial charge in [0.2, 0.25) is 0 Å². The van der Waals surface area contributed by atoms with Crippen molar-refractivity contribution in [2.24, 2.45) is 0 Å². The van der Waals surface area contributed by atoms with Gasteiger partial charge in [0, 0.05) is 22.9 Å². The van der Waals surface area contributed by atoms with Crippen LogP contribution in [0.15, 0.2) is 46.9 Å². The van der Waals surface area contributed by atoms with E-state index in [0.29, 0.717) is 13.0 Å². The monoisotopic (exact) mass is 454 g/mol. The molecule has 0 aliphatic carbocycles. The minimum atomic E-state index is -0.138. The summed E-state index contributed by atoms with van der Waals surface area (Å²) in [6.45, 7) is 5.13. The Hall–Kier alpha value is -2.51. The van der Waals surface area contributed by atoms with Crippen molar-refractivity contribution >= 4 is 50.2 Å². The van der Waals surface area contributed by atoms with Crippen LogP contribution in [0.4, 0.5) is 0 Å². The number of benzene rings is 2. The molecule has 5 nitrogen and oxygen atoms in total. The molecule has 4 rings (SSSR count). The highest BCUT2D eigenvalue weighted by atomic mass is 32.2. The maximum Gasteiger partial charge on any atom is 0.305 e. The summed E-state index contributed by atoms with van der Waals surface area (Å²) in [7, 11) is 1.68. The van der Waals surface area contributed by atoms with Gasteiger partial charge in [0.05, 0.1) is 31.3 Å². The van der Waals surface area contributed by atoms with Gasteiger partial charge in [-0.25, -0.2) is 4.98 Å². The van der Waals surface area contributed by atoms with E-state index in [0.717, 1.165) is 40.7 Å². The number of fused-ring (bicyclic) bond motifs is 2. The van der Waals surface area contributed by atoms with Crippen molar-refractivity contribution < 1.29 is 14.3 Å². The summed E-state index contributed by atoms with van der Waals surface area (Å²) in [6, 6.07) is 12.6. The lowest BCUT2D eigenvalue weighted by Gasteiger charge is -2.10. The van der Waals surface area contributed by atoms with Crippen molar-refractivity contribution in [3.8, 4) is 5.75 Å². The van der Waals surface area contributed by atoms with Gasteiger partial charge in [0.25, 0.3) is 0 Å². The molecule has 0 amide bonds. The van der Waals surface area contributed by atoms with Gasteiger partial charge in [-0.3, -0.25) is 4.79 Å². The number of thioether (sulfide) groups is 1. The van der Waals surface area contributed by atoms with Crippen LogP contribution in [0.2, 0.25) is 0 Å². The molecular formula is C24H26N2O3S2. The van der Waals surface area contributed by atoms with Crippen LogP contribution >= 0.6 is 23.1 Å². The number of thiophene rings is 1. The lowest BCUT2D eigenvalue weighted by Crippen LogP contribution is -2.04. The van der Waals surface area contributed by atoms with Crippen LogP contribution in [0.5, 0.6) is 5.75 Å². The van der Waals surface area contributed by atoms with Crippen LogP contribution in [-0.2, 0) is 16.1 Å². The molecule has 0 N–H and O–H groups in total. The predicted molar refractivity (Wildman–Crippen MR) is 129 cm³/mol. The zero-order chi connectivity index (χ0) is 21.8. The minimum Gasteiger partial charge on any atom is -0.497 e. The maximum absolute atomic E-state index is 11.6. The third kappa shape index (κ3) is 4.88. The highest BCUT2D eigenvalue weighted by Gasteiger charge is 2.15. The predicted octanol–water partition coefficient (Wildman–Crippen LogP) is 6.05. The Morgan fingerprint density at radius 2 is 2.10 bits per heavy atom. The molecule has 2 aromatic heterocycles. The average Bonchev–Trinajstić information content (AvgIpc) is 3.32. The fraction of sp³-hybridized carbons (Fsp3) is 0.333. The Morgan fingerprint density at radius 1 is 1.23 bits per heavy atom. The fourth-order valence-corrected chi connectivity index (χ4v) is 5.46. The number of imidazole rings is 1. The molecule has 0 saturated heterocycles. The maximum atomic E-state index is 11.6. The summed E-state index contributed by atoms with van der Waals surface area (Å²) >= 11 is 3.46. The molecule has 2 aromatic carbocycles. The van der Waals surface area contributed by atoms with Crippen LogP contribution in [0.1, 0.15) is 30.9 Å². The second-order valence-corrected chi connectivity index (χ2v) is 9.33. The van der Waals surface area contributed by atoms with Crippen molar-refractivity contribution in [1.29, 1.82) is 0 Å². The first-order chi connectivity index (χ1) is 15.1. The van der Waals surface area contributed by atoms with Gasteiger partial charge in [0.15, 0.2) is 5.16 Å². The van der Waals surface area contributed by atoms with Crippen molar-refractivity contribution in [3.63, 3.8) is 0 Å². The highest BCUT2D eigenvalue weighted by molar-refractivity contribution is 7.99. The summed E-state index contributed by atoms with van der Waals surface area (Å²) in [6.07, 6.45) is 1.19. The van der Waals surface area contributed by atoms with E-state index in [4.69, 9.17) is 14.5 Å². The Balaban J connectivity index is 1.63. The third-order valence-corrected chi connectivity index (χ3v) is 7.19. The van der Waals surface area contributed by atoms with Gasteiger partial charge >= 0.3 is 5.97 Å². The Bertz CT molecular complexity index is 1210. The Morgan fingerprint density at radius 3 is 2.90 bits per heavy atom. The molecule has 0 aliphatic rings. The van der Waals surface area contributed by atoms with Crippen molar-refractivity contribution in [2.75, 3.05) is 19.5 Å². The van der Waals surface area contributed by atoms with Crippen LogP contribution in [0.3, 0.4) is 0 Å². The van der Waals surface area contributed by atoms with Crippen molar-refractivity contribution in [1.82, 2.24) is 9.55 Å². The lowest BCUT2D eigenvalue weighted by molar-refractivity contribution is -0.143. The number of carbonyl (C=O) groups is 1. The highest BCUT2D eigenvalue weighted by Crippen LogP contribution is 2.32. The molecule has 162 valence electrons. The lowest BCUT2D eigenvalue weighted by atomic mass is 10.1. The number of rotatable bonds is 9. The number of hydrogen-bond acceptors (Lipinski definition) is 6. The van der Waals surface area contributed by atoms with Gasteiger partial charge in [-0.2, -0.15) is 0 Å². The van der Waals surface area contributed by atoms with Crippen LogP contribution in [-0.4, -0.2) is 35.0 Å². The molecule has 4 aromatic rings. The number of aromatic nitrogens is 2. The van der Waals surface area contributed by atoms with E-state index < -0.39 is 0 Å². The number of esters is 1. The number of nitrogens with zero attached hydrogens (tertiary/aromatic N) is 2. The quantitative estimate of drug-likeness (QED) is 0.175. The normalized spacial score (nSPS) is 11.3. The van der Waals surface area contributed by atoms with E-state index in [1.54, 1.807) is 30.2 Å². The fourth-order valence-electron chi connectivity index (χ4n) is 3.57. The van der Waals surface area contributed by atoms with Gasteiger partial charge < -0.3 is 14.0 Å². The molecule has 0 saturated carbocycles. The van der Waals surface area contributed by atoms with Gasteiger partial charge in [-0.05, 0) is 54.8 Å². The van der Waals surface area contributed by atoms with E-state index in [1.807, 2.05) is 25.1 Å². The Labute approximate surface area is 190 Å². The smallest absolute Gasteiger partial charge is 0.305 e. The summed E-state index contributed by atoms with van der Waals surface area (Å²) in [5, 5.41) is 4.50. The molecule has 0 fully saturated rings. The van der Waals surface area contributed by atoms with Crippen molar-refractivity contribution in [3.05, 3.63) is 52.9 Å². The molecule has 7 heteroatoms. The second-order valence-electron chi connectivity index (χ2n) is 7.35.